The van der Waals surface area contributed by atoms with E-state index in [-0.39, 0.29) is 0 Å². The molecular weight excluding hydrogens is 431 g/mol. The second-order valence-corrected chi connectivity index (χ2v) is 8.11. The minimum Gasteiger partial charge on any atom is -0.473 e. The lowest BCUT2D eigenvalue weighted by Crippen LogP contribution is -2.28. The SMILES string of the molecule is N#Cc1ccc(CN2CC=C(c3cccc(OCc4ccc(Cl)cc4Cl)n3)CC2)cn1. The van der Waals surface area contributed by atoms with Gasteiger partial charge in [0.2, 0.25) is 5.88 Å². The molecule has 4 rings (SSSR count). The Morgan fingerprint density at radius 1 is 1.13 bits per heavy atom. The molecule has 1 aromatic carbocycles. The zero-order chi connectivity index (χ0) is 21.6. The summed E-state index contributed by atoms with van der Waals surface area (Å²) in [7, 11) is 0. The number of halogens is 2. The van der Waals surface area contributed by atoms with Gasteiger partial charge in [0, 0.05) is 47.5 Å². The molecule has 7 heteroatoms. The van der Waals surface area contributed by atoms with E-state index in [1.807, 2.05) is 36.4 Å². The number of nitrogens with zero attached hydrogens (tertiary/aromatic N) is 4. The number of aromatic nitrogens is 2. The fourth-order valence-corrected chi connectivity index (χ4v) is 3.86. The van der Waals surface area contributed by atoms with E-state index in [0.717, 1.165) is 42.9 Å². The van der Waals surface area contributed by atoms with E-state index >= 15 is 0 Å². The Balaban J connectivity index is 1.37. The molecule has 0 saturated heterocycles. The molecule has 2 aromatic heterocycles. The molecule has 0 atom stereocenters. The average Bonchev–Trinajstić information content (AvgIpc) is 2.80. The van der Waals surface area contributed by atoms with Crippen molar-refractivity contribution in [2.45, 2.75) is 19.6 Å². The van der Waals surface area contributed by atoms with Gasteiger partial charge in [0.1, 0.15) is 18.4 Å². The lowest BCUT2D eigenvalue weighted by Gasteiger charge is -2.26. The van der Waals surface area contributed by atoms with E-state index in [9.17, 15) is 0 Å². The summed E-state index contributed by atoms with van der Waals surface area (Å²) >= 11 is 12.2. The summed E-state index contributed by atoms with van der Waals surface area (Å²) in [5.41, 5.74) is 4.55. The predicted octanol–water partition coefficient (Wildman–Crippen LogP) is 5.52. The quantitative estimate of drug-likeness (QED) is 0.494. The van der Waals surface area contributed by atoms with Crippen LogP contribution < -0.4 is 4.74 Å². The first kappa shape index (κ1) is 21.3. The fourth-order valence-electron chi connectivity index (χ4n) is 3.39. The number of rotatable bonds is 6. The first-order chi connectivity index (χ1) is 15.1. The molecule has 3 aromatic rings. The van der Waals surface area contributed by atoms with Gasteiger partial charge < -0.3 is 4.74 Å². The molecule has 1 aliphatic rings. The highest BCUT2D eigenvalue weighted by atomic mass is 35.5. The van der Waals surface area contributed by atoms with Crippen LogP contribution in [0.4, 0.5) is 0 Å². The molecule has 0 spiro atoms. The highest BCUT2D eigenvalue weighted by Crippen LogP contribution is 2.25. The van der Waals surface area contributed by atoms with Crippen LogP contribution in [-0.2, 0) is 13.2 Å². The van der Waals surface area contributed by atoms with Gasteiger partial charge in [-0.3, -0.25) is 4.90 Å². The molecule has 31 heavy (non-hydrogen) atoms. The van der Waals surface area contributed by atoms with Gasteiger partial charge in [0.15, 0.2) is 0 Å². The second kappa shape index (κ2) is 9.93. The van der Waals surface area contributed by atoms with Crippen LogP contribution in [0.3, 0.4) is 0 Å². The van der Waals surface area contributed by atoms with E-state index in [1.54, 1.807) is 24.4 Å². The molecule has 0 amide bonds. The highest BCUT2D eigenvalue weighted by molar-refractivity contribution is 6.35. The van der Waals surface area contributed by atoms with E-state index in [0.29, 0.717) is 28.2 Å². The maximum atomic E-state index is 8.86. The Kier molecular flexibility index (Phi) is 6.83. The van der Waals surface area contributed by atoms with Crippen LogP contribution in [0, 0.1) is 11.3 Å². The summed E-state index contributed by atoms with van der Waals surface area (Å²) in [6, 6.07) is 16.9. The molecule has 0 saturated carbocycles. The zero-order valence-electron chi connectivity index (χ0n) is 16.8. The summed E-state index contributed by atoms with van der Waals surface area (Å²) in [5, 5.41) is 10.0. The maximum absolute atomic E-state index is 8.86. The molecule has 0 bridgehead atoms. The summed E-state index contributed by atoms with van der Waals surface area (Å²) in [6.45, 7) is 2.90. The standard InChI is InChI=1S/C24H20Cl2N4O/c25-20-6-5-19(22(26)12-20)16-31-24-3-1-2-23(29-24)18-8-10-30(11-9-18)15-17-4-7-21(13-27)28-14-17/h1-8,12,14H,9-11,15-16H2. The van der Waals surface area contributed by atoms with Gasteiger partial charge in [-0.15, -0.1) is 0 Å². The third-order valence-corrected chi connectivity index (χ3v) is 5.67. The van der Waals surface area contributed by atoms with E-state index in [4.69, 9.17) is 33.2 Å². The van der Waals surface area contributed by atoms with E-state index < -0.39 is 0 Å². The van der Waals surface area contributed by atoms with Crippen molar-refractivity contribution in [2.75, 3.05) is 13.1 Å². The first-order valence-electron chi connectivity index (χ1n) is 9.91. The maximum Gasteiger partial charge on any atom is 0.214 e. The predicted molar refractivity (Wildman–Crippen MR) is 122 cm³/mol. The number of hydrogen-bond donors (Lipinski definition) is 0. The van der Waals surface area contributed by atoms with Crippen LogP contribution in [0.2, 0.25) is 10.0 Å². The monoisotopic (exact) mass is 450 g/mol. The van der Waals surface area contributed by atoms with Crippen LogP contribution in [0.15, 0.2) is 60.8 Å². The van der Waals surface area contributed by atoms with Crippen LogP contribution >= 0.6 is 23.2 Å². The summed E-state index contributed by atoms with van der Waals surface area (Å²) in [5.74, 6) is 0.565. The second-order valence-electron chi connectivity index (χ2n) is 7.26. The third-order valence-electron chi connectivity index (χ3n) is 5.08. The van der Waals surface area contributed by atoms with E-state index in [1.165, 1.54) is 5.57 Å². The summed E-state index contributed by atoms with van der Waals surface area (Å²) in [6.07, 6.45) is 4.89. The molecule has 156 valence electrons. The molecular formula is C24H20Cl2N4O. The molecule has 0 fully saturated rings. The number of pyridine rings is 2. The average molecular weight is 451 g/mol. The summed E-state index contributed by atoms with van der Waals surface area (Å²) < 4.78 is 5.86. The minimum absolute atomic E-state index is 0.331. The molecule has 3 heterocycles. The molecule has 0 aliphatic carbocycles. The lowest BCUT2D eigenvalue weighted by atomic mass is 10.0. The number of ether oxygens (including phenoxy) is 1. The van der Waals surface area contributed by atoms with E-state index in [2.05, 4.69) is 20.9 Å². The van der Waals surface area contributed by atoms with Crippen LogP contribution in [0.25, 0.3) is 5.57 Å². The molecule has 0 unspecified atom stereocenters. The van der Waals surface area contributed by atoms with Crippen molar-refractivity contribution >= 4 is 28.8 Å². The molecule has 0 radical (unpaired) electrons. The van der Waals surface area contributed by atoms with Gasteiger partial charge in [0.25, 0.3) is 0 Å². The van der Waals surface area contributed by atoms with Gasteiger partial charge in [-0.1, -0.05) is 47.5 Å². The van der Waals surface area contributed by atoms with Gasteiger partial charge in [0.05, 0.1) is 5.69 Å². The van der Waals surface area contributed by atoms with Crippen molar-refractivity contribution in [3.05, 3.63) is 93.4 Å². The van der Waals surface area contributed by atoms with Crippen molar-refractivity contribution in [1.29, 1.82) is 5.26 Å². The first-order valence-corrected chi connectivity index (χ1v) is 10.7. The zero-order valence-corrected chi connectivity index (χ0v) is 18.3. The Bertz CT molecular complexity index is 1140. The van der Waals surface area contributed by atoms with Crippen molar-refractivity contribution in [3.8, 4) is 11.9 Å². The number of nitriles is 1. The number of benzene rings is 1. The third kappa shape index (κ3) is 5.62. The van der Waals surface area contributed by atoms with Gasteiger partial charge in [-0.2, -0.15) is 5.26 Å². The van der Waals surface area contributed by atoms with Gasteiger partial charge in [-0.05, 0) is 41.8 Å². The molecule has 5 nitrogen and oxygen atoms in total. The largest absolute Gasteiger partial charge is 0.473 e. The van der Waals surface area contributed by atoms with Crippen LogP contribution in [-0.4, -0.2) is 28.0 Å². The molecule has 0 N–H and O–H groups in total. The topological polar surface area (TPSA) is 62.0 Å². The van der Waals surface area contributed by atoms with Crippen LogP contribution in [0.1, 0.15) is 28.9 Å². The fraction of sp³-hybridized carbons (Fsp3) is 0.208. The number of hydrogen-bond acceptors (Lipinski definition) is 5. The normalized spacial score (nSPS) is 14.0. The van der Waals surface area contributed by atoms with Crippen molar-refractivity contribution in [2.24, 2.45) is 0 Å². The Hall–Kier alpha value is -2.91. The lowest BCUT2D eigenvalue weighted by molar-refractivity contribution is 0.290. The van der Waals surface area contributed by atoms with Crippen LogP contribution in [0.5, 0.6) is 5.88 Å². The minimum atomic E-state index is 0.331. The Labute approximate surface area is 191 Å². The summed E-state index contributed by atoms with van der Waals surface area (Å²) in [4.78, 5) is 11.2. The van der Waals surface area contributed by atoms with Crippen molar-refractivity contribution in [1.82, 2.24) is 14.9 Å². The van der Waals surface area contributed by atoms with Crippen molar-refractivity contribution in [3.63, 3.8) is 0 Å². The van der Waals surface area contributed by atoms with Crippen molar-refractivity contribution < 1.29 is 4.74 Å². The Morgan fingerprint density at radius 2 is 2.03 bits per heavy atom. The Morgan fingerprint density at radius 3 is 2.74 bits per heavy atom. The highest BCUT2D eigenvalue weighted by Gasteiger charge is 2.15. The molecule has 1 aliphatic heterocycles. The smallest absolute Gasteiger partial charge is 0.214 e. The van der Waals surface area contributed by atoms with Gasteiger partial charge >= 0.3 is 0 Å². The van der Waals surface area contributed by atoms with Gasteiger partial charge in [-0.25, -0.2) is 9.97 Å².